The van der Waals surface area contributed by atoms with E-state index in [9.17, 15) is 14.8 Å². The van der Waals surface area contributed by atoms with Gasteiger partial charge >= 0.3 is 0 Å². The van der Waals surface area contributed by atoms with Crippen LogP contribution in [0.15, 0.2) is 11.1 Å². The minimum atomic E-state index is -1.05. The van der Waals surface area contributed by atoms with Gasteiger partial charge in [-0.3, -0.25) is 9.59 Å². The average molecular weight is 279 g/mol. The van der Waals surface area contributed by atoms with Crippen LogP contribution in [0.1, 0.15) is 54.4 Å². The van der Waals surface area contributed by atoms with Gasteiger partial charge in [0.15, 0.2) is 17.6 Å². The molecule has 0 unspecified atom stereocenters. The van der Waals surface area contributed by atoms with E-state index in [1.807, 2.05) is 27.7 Å². The highest BCUT2D eigenvalue weighted by Gasteiger charge is 2.58. The number of Topliss-reactive ketones (excluding diaryl/α,β-unsaturated/α-hetero) is 2. The Morgan fingerprint density at radius 3 is 1.75 bits per heavy atom. The molecule has 1 N–H and O–H groups in total. The maximum absolute atomic E-state index is 12.8. The fraction of sp³-hybridized carbons (Fsp3) is 0.750. The molecule has 2 saturated carbocycles. The molecule has 112 valence electrons. The molecule has 2 aliphatic carbocycles. The van der Waals surface area contributed by atoms with Crippen molar-refractivity contribution in [3.05, 3.63) is 11.1 Å². The van der Waals surface area contributed by atoms with Crippen molar-refractivity contribution in [3.63, 3.8) is 0 Å². The Kier molecular flexibility index (Phi) is 3.46. The zero-order valence-corrected chi connectivity index (χ0v) is 13.3. The van der Waals surface area contributed by atoms with E-state index in [-0.39, 0.29) is 17.6 Å². The Morgan fingerprint density at radius 1 is 1.05 bits per heavy atom. The van der Waals surface area contributed by atoms with Crippen LogP contribution in [0.3, 0.4) is 0 Å². The van der Waals surface area contributed by atoms with Crippen LogP contribution in [0.2, 0.25) is 0 Å². The molecule has 2 fully saturated rings. The van der Waals surface area contributed by atoms with Crippen molar-refractivity contribution in [2.24, 2.45) is 10.8 Å². The van der Waals surface area contributed by atoms with Crippen LogP contribution in [-0.4, -0.2) is 33.9 Å². The van der Waals surface area contributed by atoms with E-state index < -0.39 is 16.9 Å². The second kappa shape index (κ2) is 4.50. The van der Waals surface area contributed by atoms with Crippen LogP contribution in [-0.2, 0) is 9.59 Å². The number of hydrogen-bond acceptors (Lipinski definition) is 4. The number of ketones is 2. The first-order chi connectivity index (χ1) is 9.02. The maximum Gasteiger partial charge on any atom is 0.169 e. The van der Waals surface area contributed by atoms with Crippen molar-refractivity contribution in [2.75, 3.05) is 0 Å². The zero-order chi connectivity index (χ0) is 15.5. The number of hydrogen-bond donors (Lipinski definition) is 1. The van der Waals surface area contributed by atoms with Gasteiger partial charge in [0.2, 0.25) is 0 Å². The van der Waals surface area contributed by atoms with Gasteiger partial charge in [-0.1, -0.05) is 5.57 Å². The first-order valence-electron chi connectivity index (χ1n) is 7.31. The van der Waals surface area contributed by atoms with Crippen molar-refractivity contribution in [2.45, 2.75) is 66.5 Å². The molecule has 2 rings (SSSR count). The smallest absolute Gasteiger partial charge is 0.169 e. The average Bonchev–Trinajstić information content (AvgIpc) is 3.10. The van der Waals surface area contributed by atoms with Crippen molar-refractivity contribution in [1.82, 2.24) is 5.06 Å². The molecule has 0 heterocycles. The number of carbonyl (C=O) groups excluding carboxylic acids is 2. The molecule has 4 nitrogen and oxygen atoms in total. The van der Waals surface area contributed by atoms with Gasteiger partial charge in [0, 0.05) is 16.9 Å². The Morgan fingerprint density at radius 2 is 1.45 bits per heavy atom. The first kappa shape index (κ1) is 15.4. The molecule has 0 radical (unpaired) electrons. The molecule has 0 aromatic heterocycles. The van der Waals surface area contributed by atoms with Crippen LogP contribution >= 0.6 is 0 Å². The SMILES string of the molecule is CC(C)N(O)C1C(=O)C(C)(C)C(=C2CC2)C(C)(C)C1=O. The third-order valence-electron chi connectivity index (χ3n) is 4.63. The van der Waals surface area contributed by atoms with Crippen molar-refractivity contribution in [3.8, 4) is 0 Å². The van der Waals surface area contributed by atoms with Crippen LogP contribution < -0.4 is 0 Å². The van der Waals surface area contributed by atoms with Gasteiger partial charge in [0.05, 0.1) is 0 Å². The lowest BCUT2D eigenvalue weighted by Crippen LogP contribution is -2.61. The number of carbonyl (C=O) groups is 2. The second-order valence-corrected chi connectivity index (χ2v) is 7.33. The Labute approximate surface area is 120 Å². The normalized spacial score (nSPS) is 28.6. The third kappa shape index (κ3) is 2.06. The third-order valence-corrected chi connectivity index (χ3v) is 4.63. The largest absolute Gasteiger partial charge is 0.313 e. The predicted molar refractivity (Wildman–Crippen MR) is 76.4 cm³/mol. The molecule has 20 heavy (non-hydrogen) atoms. The molecule has 2 aliphatic rings. The monoisotopic (exact) mass is 279 g/mol. The molecule has 0 saturated heterocycles. The van der Waals surface area contributed by atoms with Gasteiger partial charge in [-0.15, -0.1) is 0 Å². The summed E-state index contributed by atoms with van der Waals surface area (Å²) in [7, 11) is 0. The van der Waals surface area contributed by atoms with E-state index in [4.69, 9.17) is 0 Å². The highest BCUT2D eigenvalue weighted by Crippen LogP contribution is 2.53. The fourth-order valence-corrected chi connectivity index (χ4v) is 3.57. The van der Waals surface area contributed by atoms with Crippen LogP contribution in [0, 0.1) is 10.8 Å². The molecule has 0 aliphatic heterocycles. The number of rotatable bonds is 2. The lowest BCUT2D eigenvalue weighted by molar-refractivity contribution is -0.183. The Balaban J connectivity index is 2.55. The summed E-state index contributed by atoms with van der Waals surface area (Å²) in [4.78, 5) is 25.6. The lowest BCUT2D eigenvalue weighted by atomic mass is 9.57. The topological polar surface area (TPSA) is 57.6 Å². The Bertz CT molecular complexity index is 464. The summed E-state index contributed by atoms with van der Waals surface area (Å²) in [5, 5.41) is 11.1. The summed E-state index contributed by atoms with van der Waals surface area (Å²) in [5.41, 5.74) is 0.843. The van der Waals surface area contributed by atoms with Gasteiger partial charge < -0.3 is 5.21 Å². The van der Waals surface area contributed by atoms with Gasteiger partial charge in [0.25, 0.3) is 0 Å². The standard InChI is InChI=1S/C16H25NO3/c1-9(2)17(20)11-13(18)15(3,4)12(10-7-8-10)16(5,6)14(11)19/h9,11,20H,7-8H2,1-6H3. The quantitative estimate of drug-likeness (QED) is 0.480. The minimum Gasteiger partial charge on any atom is -0.313 e. The lowest BCUT2D eigenvalue weighted by Gasteiger charge is -2.47. The molecule has 0 aromatic rings. The highest BCUT2D eigenvalue weighted by atomic mass is 16.5. The van der Waals surface area contributed by atoms with E-state index in [0.29, 0.717) is 0 Å². The molecular formula is C16H25NO3. The molecule has 0 bridgehead atoms. The summed E-state index contributed by atoms with van der Waals surface area (Å²) in [6.45, 7) is 11.1. The molecule has 0 amide bonds. The zero-order valence-electron chi connectivity index (χ0n) is 13.3. The first-order valence-corrected chi connectivity index (χ1v) is 7.31. The van der Waals surface area contributed by atoms with E-state index in [1.165, 1.54) is 5.57 Å². The van der Waals surface area contributed by atoms with Gasteiger partial charge in [-0.05, 0) is 60.0 Å². The maximum atomic E-state index is 12.8. The number of nitrogens with zero attached hydrogens (tertiary/aromatic N) is 1. The number of allylic oxidation sites excluding steroid dienone is 2. The molecule has 0 spiro atoms. The van der Waals surface area contributed by atoms with E-state index in [2.05, 4.69) is 0 Å². The molecule has 0 atom stereocenters. The van der Waals surface area contributed by atoms with Crippen molar-refractivity contribution >= 4 is 11.6 Å². The van der Waals surface area contributed by atoms with Crippen LogP contribution in [0.4, 0.5) is 0 Å². The highest BCUT2D eigenvalue weighted by molar-refractivity contribution is 6.16. The van der Waals surface area contributed by atoms with Gasteiger partial charge in [-0.25, -0.2) is 0 Å². The van der Waals surface area contributed by atoms with E-state index in [0.717, 1.165) is 23.5 Å². The Hall–Kier alpha value is -1.00. The van der Waals surface area contributed by atoms with Gasteiger partial charge in [0.1, 0.15) is 0 Å². The van der Waals surface area contributed by atoms with Crippen LogP contribution in [0.5, 0.6) is 0 Å². The summed E-state index contributed by atoms with van der Waals surface area (Å²) in [6.07, 6.45) is 1.97. The minimum absolute atomic E-state index is 0.188. The van der Waals surface area contributed by atoms with E-state index in [1.54, 1.807) is 13.8 Å². The van der Waals surface area contributed by atoms with Crippen LogP contribution in [0.25, 0.3) is 0 Å². The van der Waals surface area contributed by atoms with Gasteiger partial charge in [-0.2, -0.15) is 5.06 Å². The molecular weight excluding hydrogens is 254 g/mol. The summed E-state index contributed by atoms with van der Waals surface area (Å²) >= 11 is 0. The number of hydroxylamine groups is 2. The van der Waals surface area contributed by atoms with Crippen molar-refractivity contribution < 1.29 is 14.8 Å². The van der Waals surface area contributed by atoms with E-state index >= 15 is 0 Å². The van der Waals surface area contributed by atoms with Crippen molar-refractivity contribution in [1.29, 1.82) is 0 Å². The fourth-order valence-electron chi connectivity index (χ4n) is 3.57. The molecule has 4 heteroatoms. The molecule has 0 aromatic carbocycles. The second-order valence-electron chi connectivity index (χ2n) is 7.33. The summed E-state index contributed by atoms with van der Waals surface area (Å²) in [6, 6.07) is -1.32. The predicted octanol–water partition coefficient (Wildman–Crippen LogP) is 2.75. The summed E-state index contributed by atoms with van der Waals surface area (Å²) < 4.78 is 0. The summed E-state index contributed by atoms with van der Waals surface area (Å²) in [5.74, 6) is -0.375.